The molecule has 0 aliphatic carbocycles. The number of aromatic nitrogens is 2. The topological polar surface area (TPSA) is 74.8 Å². The van der Waals surface area contributed by atoms with Crippen LogP contribution in [-0.2, 0) is 4.79 Å². The summed E-state index contributed by atoms with van der Waals surface area (Å²) in [7, 11) is 1.56. The van der Waals surface area contributed by atoms with E-state index in [0.29, 0.717) is 15.4 Å². The fourth-order valence-electron chi connectivity index (χ4n) is 2.34. The van der Waals surface area contributed by atoms with Crippen molar-refractivity contribution in [1.82, 2.24) is 15.3 Å². The SMILES string of the molecule is CNC(=O)CSc1nc2sc(C)c(-c3ccc(F)cc3)c2c(=O)[nH]1. The number of H-pyrrole nitrogens is 1. The number of thiophene rings is 1. The van der Waals surface area contributed by atoms with Gasteiger partial charge >= 0.3 is 0 Å². The van der Waals surface area contributed by atoms with E-state index in [9.17, 15) is 14.0 Å². The van der Waals surface area contributed by atoms with Crippen molar-refractivity contribution in [3.63, 3.8) is 0 Å². The van der Waals surface area contributed by atoms with Gasteiger partial charge in [-0.25, -0.2) is 9.37 Å². The molecule has 3 rings (SSSR count). The maximum Gasteiger partial charge on any atom is 0.260 e. The van der Waals surface area contributed by atoms with Gasteiger partial charge in [-0.3, -0.25) is 9.59 Å². The van der Waals surface area contributed by atoms with Crippen LogP contribution >= 0.6 is 23.1 Å². The van der Waals surface area contributed by atoms with Crippen molar-refractivity contribution in [3.05, 3.63) is 45.3 Å². The number of rotatable bonds is 4. The predicted molar refractivity (Wildman–Crippen MR) is 95.2 cm³/mol. The van der Waals surface area contributed by atoms with Gasteiger partial charge < -0.3 is 10.3 Å². The Hall–Kier alpha value is -2.19. The van der Waals surface area contributed by atoms with Gasteiger partial charge in [0.25, 0.3) is 5.56 Å². The van der Waals surface area contributed by atoms with E-state index in [0.717, 1.165) is 16.0 Å². The van der Waals surface area contributed by atoms with Crippen molar-refractivity contribution in [1.29, 1.82) is 0 Å². The molecule has 2 aromatic heterocycles. The molecule has 0 radical (unpaired) electrons. The van der Waals surface area contributed by atoms with Crippen LogP contribution in [0.3, 0.4) is 0 Å². The second-order valence-corrected chi connectivity index (χ2v) is 7.22. The highest BCUT2D eigenvalue weighted by Gasteiger charge is 2.17. The number of amides is 1. The van der Waals surface area contributed by atoms with E-state index < -0.39 is 0 Å². The van der Waals surface area contributed by atoms with E-state index in [1.165, 1.54) is 35.2 Å². The number of carbonyl (C=O) groups excluding carboxylic acids is 1. The smallest absolute Gasteiger partial charge is 0.260 e. The van der Waals surface area contributed by atoms with Gasteiger partial charge in [0.2, 0.25) is 5.91 Å². The summed E-state index contributed by atoms with van der Waals surface area (Å²) in [6, 6.07) is 6.04. The standard InChI is InChI=1S/C16H14FN3O2S2/c1-8-12(9-3-5-10(17)6-4-9)13-14(22)19-16(20-15(13)24-8)23-7-11(21)18-2/h3-6H,7H2,1-2H3,(H,18,21)(H,19,20,22). The first-order chi connectivity index (χ1) is 11.5. The van der Waals surface area contributed by atoms with Crippen LogP contribution in [-0.4, -0.2) is 28.7 Å². The molecule has 2 N–H and O–H groups in total. The Morgan fingerprint density at radius 2 is 2.08 bits per heavy atom. The lowest BCUT2D eigenvalue weighted by Crippen LogP contribution is -2.20. The van der Waals surface area contributed by atoms with Gasteiger partial charge in [-0.05, 0) is 24.6 Å². The van der Waals surface area contributed by atoms with Crippen molar-refractivity contribution in [2.24, 2.45) is 0 Å². The number of hydrogen-bond donors (Lipinski definition) is 2. The van der Waals surface area contributed by atoms with Gasteiger partial charge in [-0.2, -0.15) is 0 Å². The highest BCUT2D eigenvalue weighted by Crippen LogP contribution is 2.36. The highest BCUT2D eigenvalue weighted by atomic mass is 32.2. The molecule has 0 fully saturated rings. The number of aromatic amines is 1. The first kappa shape index (κ1) is 16.7. The van der Waals surface area contributed by atoms with Gasteiger partial charge in [-0.1, -0.05) is 23.9 Å². The van der Waals surface area contributed by atoms with Crippen LogP contribution in [0.2, 0.25) is 0 Å². The van der Waals surface area contributed by atoms with E-state index in [2.05, 4.69) is 15.3 Å². The van der Waals surface area contributed by atoms with Gasteiger partial charge in [0.05, 0.1) is 11.1 Å². The van der Waals surface area contributed by atoms with Gasteiger partial charge in [0, 0.05) is 17.5 Å². The fraction of sp³-hybridized carbons (Fsp3) is 0.188. The lowest BCUT2D eigenvalue weighted by Gasteiger charge is -2.03. The molecule has 3 aromatic rings. The van der Waals surface area contributed by atoms with Crippen molar-refractivity contribution in [3.8, 4) is 11.1 Å². The number of benzene rings is 1. The molecule has 124 valence electrons. The molecule has 0 aliphatic heterocycles. The second-order valence-electron chi connectivity index (χ2n) is 5.05. The summed E-state index contributed by atoms with van der Waals surface area (Å²) >= 11 is 2.58. The molecule has 0 saturated heterocycles. The summed E-state index contributed by atoms with van der Waals surface area (Å²) in [5.41, 5.74) is 1.29. The summed E-state index contributed by atoms with van der Waals surface area (Å²) < 4.78 is 13.1. The molecule has 0 saturated carbocycles. The minimum Gasteiger partial charge on any atom is -0.358 e. The number of aryl methyl sites for hydroxylation is 1. The van der Waals surface area contributed by atoms with Crippen LogP contribution in [0.5, 0.6) is 0 Å². The molecule has 0 spiro atoms. The molecular formula is C16H14FN3O2S2. The van der Waals surface area contributed by atoms with Crippen LogP contribution in [0.15, 0.2) is 34.2 Å². The monoisotopic (exact) mass is 363 g/mol. The number of hydrogen-bond acceptors (Lipinski definition) is 5. The van der Waals surface area contributed by atoms with E-state index in [1.54, 1.807) is 19.2 Å². The van der Waals surface area contributed by atoms with Gasteiger partial charge in [0.1, 0.15) is 10.6 Å². The number of carbonyl (C=O) groups is 1. The van der Waals surface area contributed by atoms with Crippen LogP contribution in [0.4, 0.5) is 4.39 Å². The van der Waals surface area contributed by atoms with Crippen molar-refractivity contribution in [2.45, 2.75) is 12.1 Å². The van der Waals surface area contributed by atoms with Crippen LogP contribution in [0.25, 0.3) is 21.3 Å². The Morgan fingerprint density at radius 3 is 2.75 bits per heavy atom. The van der Waals surface area contributed by atoms with E-state index in [-0.39, 0.29) is 23.0 Å². The molecule has 1 aromatic carbocycles. The molecule has 5 nitrogen and oxygen atoms in total. The lowest BCUT2D eigenvalue weighted by atomic mass is 10.0. The third-order valence-corrected chi connectivity index (χ3v) is 5.34. The molecule has 0 aliphatic rings. The summed E-state index contributed by atoms with van der Waals surface area (Å²) in [5.74, 6) is -0.284. The summed E-state index contributed by atoms with van der Waals surface area (Å²) in [6.45, 7) is 1.90. The quantitative estimate of drug-likeness (QED) is 0.552. The van der Waals surface area contributed by atoms with Gasteiger partial charge in [-0.15, -0.1) is 11.3 Å². The Kier molecular flexibility index (Phi) is 4.68. The molecule has 2 heterocycles. The van der Waals surface area contributed by atoms with Crippen molar-refractivity contribution < 1.29 is 9.18 Å². The molecular weight excluding hydrogens is 349 g/mol. The Bertz CT molecular complexity index is 964. The summed E-state index contributed by atoms with van der Waals surface area (Å²) in [5, 5.41) is 3.42. The number of thioether (sulfide) groups is 1. The Balaban J connectivity index is 2.07. The number of fused-ring (bicyclic) bond motifs is 1. The first-order valence-corrected chi connectivity index (χ1v) is 8.92. The van der Waals surface area contributed by atoms with E-state index >= 15 is 0 Å². The molecule has 24 heavy (non-hydrogen) atoms. The maximum absolute atomic E-state index is 13.1. The average molecular weight is 363 g/mol. The maximum atomic E-state index is 13.1. The average Bonchev–Trinajstić information content (AvgIpc) is 2.90. The van der Waals surface area contributed by atoms with E-state index in [4.69, 9.17) is 0 Å². The molecule has 1 amide bonds. The summed E-state index contributed by atoms with van der Waals surface area (Å²) in [4.78, 5) is 32.5. The lowest BCUT2D eigenvalue weighted by molar-refractivity contribution is -0.118. The summed E-state index contributed by atoms with van der Waals surface area (Å²) in [6.07, 6.45) is 0. The number of nitrogens with zero attached hydrogens (tertiary/aromatic N) is 1. The van der Waals surface area contributed by atoms with Crippen LogP contribution in [0.1, 0.15) is 4.88 Å². The number of nitrogens with one attached hydrogen (secondary N) is 2. The minimum atomic E-state index is -0.323. The third-order valence-electron chi connectivity index (χ3n) is 3.47. The fourth-order valence-corrected chi connectivity index (χ4v) is 4.17. The first-order valence-electron chi connectivity index (χ1n) is 7.12. The zero-order valence-corrected chi connectivity index (χ0v) is 14.6. The normalized spacial score (nSPS) is 11.0. The predicted octanol–water partition coefficient (Wildman–Crippen LogP) is 2.94. The largest absolute Gasteiger partial charge is 0.358 e. The van der Waals surface area contributed by atoms with Crippen molar-refractivity contribution in [2.75, 3.05) is 12.8 Å². The molecule has 0 bridgehead atoms. The molecule has 0 unspecified atom stereocenters. The van der Waals surface area contributed by atoms with E-state index in [1.807, 2.05) is 6.92 Å². The second kappa shape index (κ2) is 6.74. The van der Waals surface area contributed by atoms with Crippen LogP contribution < -0.4 is 10.9 Å². The zero-order valence-electron chi connectivity index (χ0n) is 13.0. The Labute approximate surface area is 145 Å². The molecule has 8 heteroatoms. The van der Waals surface area contributed by atoms with Crippen molar-refractivity contribution >= 4 is 39.2 Å². The Morgan fingerprint density at radius 1 is 1.38 bits per heavy atom. The van der Waals surface area contributed by atoms with Gasteiger partial charge in [0.15, 0.2) is 5.16 Å². The number of halogens is 1. The minimum absolute atomic E-state index is 0.142. The zero-order chi connectivity index (χ0) is 17.3. The highest BCUT2D eigenvalue weighted by molar-refractivity contribution is 7.99. The molecule has 0 atom stereocenters. The van der Waals surface area contributed by atoms with Crippen LogP contribution in [0, 0.1) is 12.7 Å². The third kappa shape index (κ3) is 3.20.